The van der Waals surface area contributed by atoms with E-state index in [1.165, 1.54) is 0 Å². The standard InChI is InChI=1S/C8H8N2.CH4/c9-6-8(10)7-4-2-1-3-5-7;/h1-5,8H,10H2;1H4. The van der Waals surface area contributed by atoms with Crippen LogP contribution in [0.2, 0.25) is 0 Å². The zero-order chi connectivity index (χ0) is 7.40. The molecule has 0 aliphatic rings. The summed E-state index contributed by atoms with van der Waals surface area (Å²) in [6.07, 6.45) is 0. The fourth-order valence-electron chi connectivity index (χ4n) is 0.735. The molecule has 0 bridgehead atoms. The Kier molecular flexibility index (Phi) is 3.94. The van der Waals surface area contributed by atoms with Crippen LogP contribution in [-0.4, -0.2) is 0 Å². The number of nitrogens with zero attached hydrogens (tertiary/aromatic N) is 1. The summed E-state index contributed by atoms with van der Waals surface area (Å²) in [7, 11) is 0. The van der Waals surface area contributed by atoms with Gasteiger partial charge in [0.2, 0.25) is 0 Å². The number of hydrogen-bond donors (Lipinski definition) is 1. The molecule has 2 nitrogen and oxygen atoms in total. The molecule has 1 aromatic rings. The van der Waals surface area contributed by atoms with Crippen LogP contribution in [0.25, 0.3) is 0 Å². The van der Waals surface area contributed by atoms with E-state index in [-0.39, 0.29) is 7.43 Å². The molecule has 1 unspecified atom stereocenters. The lowest BCUT2D eigenvalue weighted by Crippen LogP contribution is -2.06. The Labute approximate surface area is 67.3 Å². The maximum Gasteiger partial charge on any atom is 0.118 e. The average molecular weight is 148 g/mol. The highest BCUT2D eigenvalue weighted by molar-refractivity contribution is 5.22. The number of nitriles is 1. The first-order valence-electron chi connectivity index (χ1n) is 3.04. The molecule has 0 fully saturated rings. The molecule has 0 amide bonds. The molecule has 0 saturated carbocycles. The second-order valence-corrected chi connectivity index (χ2v) is 2.02. The van der Waals surface area contributed by atoms with Crippen molar-refractivity contribution in [1.82, 2.24) is 0 Å². The lowest BCUT2D eigenvalue weighted by molar-refractivity contribution is 0.926. The largest absolute Gasteiger partial charge is 0.312 e. The second kappa shape index (κ2) is 4.48. The molecule has 0 heterocycles. The smallest absolute Gasteiger partial charge is 0.118 e. The van der Waals surface area contributed by atoms with Gasteiger partial charge in [0.15, 0.2) is 0 Å². The molecule has 0 saturated heterocycles. The van der Waals surface area contributed by atoms with Gasteiger partial charge in [-0.3, -0.25) is 0 Å². The van der Waals surface area contributed by atoms with Gasteiger partial charge in [-0.1, -0.05) is 37.8 Å². The van der Waals surface area contributed by atoms with E-state index in [1.54, 1.807) is 0 Å². The third-order valence-corrected chi connectivity index (χ3v) is 1.30. The number of hydrogen-bond acceptors (Lipinski definition) is 2. The third kappa shape index (κ3) is 2.40. The first kappa shape index (κ1) is 9.67. The quantitative estimate of drug-likeness (QED) is 0.660. The van der Waals surface area contributed by atoms with Crippen LogP contribution in [0.15, 0.2) is 30.3 Å². The molecule has 58 valence electrons. The molecule has 11 heavy (non-hydrogen) atoms. The van der Waals surface area contributed by atoms with Crippen LogP contribution in [0.3, 0.4) is 0 Å². The van der Waals surface area contributed by atoms with Gasteiger partial charge in [0.1, 0.15) is 6.04 Å². The summed E-state index contributed by atoms with van der Waals surface area (Å²) in [6, 6.07) is 10.8. The zero-order valence-corrected chi connectivity index (χ0v) is 5.49. The van der Waals surface area contributed by atoms with Gasteiger partial charge in [0, 0.05) is 0 Å². The predicted molar refractivity (Wildman–Crippen MR) is 45.7 cm³/mol. The van der Waals surface area contributed by atoms with E-state index in [4.69, 9.17) is 11.0 Å². The van der Waals surface area contributed by atoms with Crippen molar-refractivity contribution in [3.63, 3.8) is 0 Å². The van der Waals surface area contributed by atoms with Gasteiger partial charge in [0.25, 0.3) is 0 Å². The number of benzene rings is 1. The highest BCUT2D eigenvalue weighted by atomic mass is 14.6. The Morgan fingerprint density at radius 2 is 1.82 bits per heavy atom. The lowest BCUT2D eigenvalue weighted by Gasteiger charge is -1.99. The van der Waals surface area contributed by atoms with Crippen LogP contribution in [0, 0.1) is 11.3 Å². The van der Waals surface area contributed by atoms with E-state index >= 15 is 0 Å². The lowest BCUT2D eigenvalue weighted by atomic mass is 10.1. The van der Waals surface area contributed by atoms with Gasteiger partial charge in [0.05, 0.1) is 6.07 Å². The first-order valence-corrected chi connectivity index (χ1v) is 3.04. The fraction of sp³-hybridized carbons (Fsp3) is 0.222. The van der Waals surface area contributed by atoms with E-state index in [9.17, 15) is 0 Å². The Morgan fingerprint density at radius 1 is 1.27 bits per heavy atom. The highest BCUT2D eigenvalue weighted by Crippen LogP contribution is 2.06. The van der Waals surface area contributed by atoms with Gasteiger partial charge in [-0.15, -0.1) is 0 Å². The molecule has 0 aliphatic carbocycles. The topological polar surface area (TPSA) is 49.8 Å². The number of nitrogens with two attached hydrogens (primary N) is 1. The van der Waals surface area contributed by atoms with Gasteiger partial charge >= 0.3 is 0 Å². The van der Waals surface area contributed by atoms with Crippen LogP contribution in [-0.2, 0) is 0 Å². The molecule has 2 N–H and O–H groups in total. The summed E-state index contributed by atoms with van der Waals surface area (Å²) in [6.45, 7) is 0. The highest BCUT2D eigenvalue weighted by Gasteiger charge is 1.99. The van der Waals surface area contributed by atoms with E-state index in [2.05, 4.69) is 0 Å². The molecule has 0 aliphatic heterocycles. The van der Waals surface area contributed by atoms with Gasteiger partial charge in [-0.05, 0) is 5.56 Å². The minimum atomic E-state index is -0.485. The zero-order valence-electron chi connectivity index (χ0n) is 5.49. The molecule has 1 aromatic carbocycles. The van der Waals surface area contributed by atoms with E-state index in [0.29, 0.717) is 0 Å². The SMILES string of the molecule is C.N#CC(N)c1ccccc1. The molecule has 0 aromatic heterocycles. The first-order chi connectivity index (χ1) is 4.84. The predicted octanol–water partition coefficient (Wildman–Crippen LogP) is 1.85. The van der Waals surface area contributed by atoms with Crippen molar-refractivity contribution >= 4 is 0 Å². The van der Waals surface area contributed by atoms with Gasteiger partial charge < -0.3 is 5.73 Å². The van der Waals surface area contributed by atoms with Crippen molar-refractivity contribution in [2.45, 2.75) is 13.5 Å². The van der Waals surface area contributed by atoms with Crippen molar-refractivity contribution in [3.05, 3.63) is 35.9 Å². The molecule has 2 heteroatoms. The van der Waals surface area contributed by atoms with E-state index in [1.807, 2.05) is 36.4 Å². The molecule has 1 atom stereocenters. The summed E-state index contributed by atoms with van der Waals surface area (Å²) >= 11 is 0. The van der Waals surface area contributed by atoms with Crippen molar-refractivity contribution in [2.75, 3.05) is 0 Å². The van der Waals surface area contributed by atoms with Crippen LogP contribution in [0.4, 0.5) is 0 Å². The van der Waals surface area contributed by atoms with Crippen molar-refractivity contribution in [1.29, 1.82) is 5.26 Å². The summed E-state index contributed by atoms with van der Waals surface area (Å²) in [5, 5.41) is 8.41. The van der Waals surface area contributed by atoms with Crippen LogP contribution in [0.1, 0.15) is 19.0 Å². The minimum Gasteiger partial charge on any atom is -0.312 e. The maximum absolute atomic E-state index is 8.41. The minimum absolute atomic E-state index is 0. The van der Waals surface area contributed by atoms with E-state index < -0.39 is 6.04 Å². The Hall–Kier alpha value is -1.33. The number of rotatable bonds is 1. The van der Waals surface area contributed by atoms with Crippen LogP contribution in [0.5, 0.6) is 0 Å². The third-order valence-electron chi connectivity index (χ3n) is 1.30. The van der Waals surface area contributed by atoms with Crippen LogP contribution >= 0.6 is 0 Å². The summed E-state index contributed by atoms with van der Waals surface area (Å²) in [5.74, 6) is 0. The van der Waals surface area contributed by atoms with Crippen molar-refractivity contribution in [2.24, 2.45) is 5.73 Å². The molecule has 1 rings (SSSR count). The van der Waals surface area contributed by atoms with Gasteiger partial charge in [-0.25, -0.2) is 0 Å². The summed E-state index contributed by atoms with van der Waals surface area (Å²) in [5.41, 5.74) is 6.30. The normalized spacial score (nSPS) is 10.9. The molecule has 0 spiro atoms. The monoisotopic (exact) mass is 148 g/mol. The van der Waals surface area contributed by atoms with E-state index in [0.717, 1.165) is 5.56 Å². The fourth-order valence-corrected chi connectivity index (χ4v) is 0.735. The van der Waals surface area contributed by atoms with Crippen molar-refractivity contribution < 1.29 is 0 Å². The van der Waals surface area contributed by atoms with Crippen molar-refractivity contribution in [3.8, 4) is 6.07 Å². The Balaban J connectivity index is 0.000001000. The molecular formula is C9H12N2. The van der Waals surface area contributed by atoms with Crippen LogP contribution < -0.4 is 5.73 Å². The molecular weight excluding hydrogens is 136 g/mol. The maximum atomic E-state index is 8.41. The Morgan fingerprint density at radius 3 is 2.27 bits per heavy atom. The molecule has 0 radical (unpaired) electrons. The second-order valence-electron chi connectivity index (χ2n) is 2.02. The van der Waals surface area contributed by atoms with Gasteiger partial charge in [-0.2, -0.15) is 5.26 Å². The Bertz CT molecular complexity index is 235. The summed E-state index contributed by atoms with van der Waals surface area (Å²) < 4.78 is 0. The summed E-state index contributed by atoms with van der Waals surface area (Å²) in [4.78, 5) is 0. The average Bonchev–Trinajstić information content (AvgIpc) is 2.05.